The lowest BCUT2D eigenvalue weighted by Gasteiger charge is -2.17. The summed E-state index contributed by atoms with van der Waals surface area (Å²) in [6.07, 6.45) is 0.581. The van der Waals surface area contributed by atoms with E-state index in [9.17, 15) is 10.1 Å². The Morgan fingerprint density at radius 1 is 1.42 bits per heavy atom. The van der Waals surface area contributed by atoms with Gasteiger partial charge in [-0.3, -0.25) is 9.48 Å². The highest BCUT2D eigenvalue weighted by Gasteiger charge is 2.22. The number of benzene rings is 1. The molecule has 2 aromatic rings. The number of carbonyl (C=O) groups is 1. The van der Waals surface area contributed by atoms with Crippen LogP contribution in [0.4, 0.5) is 0 Å². The minimum absolute atomic E-state index is 0.177. The molecule has 0 spiro atoms. The van der Waals surface area contributed by atoms with E-state index >= 15 is 0 Å². The number of carbonyl (C=O) groups excluding carboxylic acids is 1. The van der Waals surface area contributed by atoms with Gasteiger partial charge in [0.25, 0.3) is 0 Å². The zero-order chi connectivity index (χ0) is 17.9. The fourth-order valence-electron chi connectivity index (χ4n) is 2.69. The topological polar surface area (TPSA) is 70.7 Å². The van der Waals surface area contributed by atoms with Gasteiger partial charge in [-0.05, 0) is 31.9 Å². The Labute approximate surface area is 147 Å². The van der Waals surface area contributed by atoms with Gasteiger partial charge < -0.3 is 5.32 Å². The average molecular weight is 345 g/mol. The molecule has 6 heteroatoms. The molecular formula is C18H21ClN4O. The van der Waals surface area contributed by atoms with E-state index in [1.54, 1.807) is 24.3 Å². The Bertz CT molecular complexity index is 791. The summed E-state index contributed by atoms with van der Waals surface area (Å²) in [5.74, 6) is -0.450. The van der Waals surface area contributed by atoms with Gasteiger partial charge in [0.1, 0.15) is 6.04 Å². The molecule has 0 bridgehead atoms. The molecule has 0 unspecified atom stereocenters. The lowest BCUT2D eigenvalue weighted by molar-refractivity contribution is -0.124. The van der Waals surface area contributed by atoms with Gasteiger partial charge in [-0.2, -0.15) is 10.4 Å². The van der Waals surface area contributed by atoms with Crippen molar-refractivity contribution in [2.75, 3.05) is 0 Å². The van der Waals surface area contributed by atoms with E-state index in [1.165, 1.54) is 0 Å². The second-order valence-corrected chi connectivity index (χ2v) is 6.38. The predicted molar refractivity (Wildman–Crippen MR) is 93.5 cm³/mol. The number of hydrogen-bond donors (Lipinski definition) is 1. The quantitative estimate of drug-likeness (QED) is 0.905. The highest BCUT2D eigenvalue weighted by Crippen LogP contribution is 2.23. The van der Waals surface area contributed by atoms with Crippen LogP contribution in [0, 0.1) is 31.1 Å². The standard InChI is InChI=1S/C18H21ClN4O/c1-11(9-15-12(2)22-23(4)13(15)3)18(24)21-17(10-20)14-7-5-6-8-16(14)19/h5-8,11,17H,9H2,1-4H3,(H,21,24)/t11-,17+/m1/s1. The van der Waals surface area contributed by atoms with E-state index in [0.29, 0.717) is 17.0 Å². The Balaban J connectivity index is 2.11. The molecule has 2 atom stereocenters. The summed E-state index contributed by atoms with van der Waals surface area (Å²) in [7, 11) is 1.89. The van der Waals surface area contributed by atoms with Crippen molar-refractivity contribution in [3.8, 4) is 6.07 Å². The number of aryl methyl sites for hydroxylation is 2. The monoisotopic (exact) mass is 344 g/mol. The summed E-state index contributed by atoms with van der Waals surface area (Å²) in [6.45, 7) is 5.78. The molecule has 0 radical (unpaired) electrons. The molecule has 126 valence electrons. The number of hydrogen-bond acceptors (Lipinski definition) is 3. The molecule has 1 N–H and O–H groups in total. The van der Waals surface area contributed by atoms with Crippen molar-refractivity contribution >= 4 is 17.5 Å². The highest BCUT2D eigenvalue weighted by molar-refractivity contribution is 6.31. The van der Waals surface area contributed by atoms with Crippen LogP contribution in [0.3, 0.4) is 0 Å². The van der Waals surface area contributed by atoms with Gasteiger partial charge in [0, 0.05) is 29.2 Å². The molecule has 24 heavy (non-hydrogen) atoms. The van der Waals surface area contributed by atoms with Gasteiger partial charge >= 0.3 is 0 Å². The van der Waals surface area contributed by atoms with E-state index in [-0.39, 0.29) is 11.8 Å². The number of nitriles is 1. The van der Waals surface area contributed by atoms with Gasteiger partial charge in [-0.25, -0.2) is 0 Å². The summed E-state index contributed by atoms with van der Waals surface area (Å²) in [6, 6.07) is 8.38. The third kappa shape index (κ3) is 3.77. The first-order valence-electron chi connectivity index (χ1n) is 7.78. The van der Waals surface area contributed by atoms with Crippen LogP contribution in [0.1, 0.15) is 35.5 Å². The van der Waals surface area contributed by atoms with Crippen molar-refractivity contribution < 1.29 is 4.79 Å². The Kier molecular flexibility index (Phi) is 5.63. The van der Waals surface area contributed by atoms with Crippen LogP contribution in [0.5, 0.6) is 0 Å². The molecule has 0 aliphatic heterocycles. The van der Waals surface area contributed by atoms with Gasteiger partial charge in [-0.15, -0.1) is 0 Å². The van der Waals surface area contributed by atoms with Crippen molar-refractivity contribution in [3.05, 3.63) is 51.8 Å². The fraction of sp³-hybridized carbons (Fsp3) is 0.389. The minimum Gasteiger partial charge on any atom is -0.336 e. The first-order chi connectivity index (χ1) is 11.3. The third-order valence-corrected chi connectivity index (χ3v) is 4.59. The Morgan fingerprint density at radius 2 is 2.08 bits per heavy atom. The first kappa shape index (κ1) is 18.0. The van der Waals surface area contributed by atoms with Crippen LogP contribution < -0.4 is 5.32 Å². The number of rotatable bonds is 5. The summed E-state index contributed by atoms with van der Waals surface area (Å²) in [4.78, 5) is 12.5. The maximum Gasteiger partial charge on any atom is 0.224 e. The Hall–Kier alpha value is -2.32. The van der Waals surface area contributed by atoms with Crippen molar-refractivity contribution in [3.63, 3.8) is 0 Å². The normalized spacial score (nSPS) is 13.2. The largest absolute Gasteiger partial charge is 0.336 e. The molecule has 0 aliphatic rings. The van der Waals surface area contributed by atoms with Crippen molar-refractivity contribution in [1.82, 2.24) is 15.1 Å². The predicted octanol–water partition coefficient (Wildman–Crippen LogP) is 3.25. The Morgan fingerprint density at radius 3 is 2.62 bits per heavy atom. The molecule has 1 heterocycles. The lowest BCUT2D eigenvalue weighted by Crippen LogP contribution is -2.33. The third-order valence-electron chi connectivity index (χ3n) is 4.25. The lowest BCUT2D eigenvalue weighted by atomic mass is 9.98. The molecular weight excluding hydrogens is 324 g/mol. The van der Waals surface area contributed by atoms with Crippen LogP contribution in [-0.4, -0.2) is 15.7 Å². The second-order valence-electron chi connectivity index (χ2n) is 5.97. The fourth-order valence-corrected chi connectivity index (χ4v) is 2.93. The molecule has 1 aromatic heterocycles. The van der Waals surface area contributed by atoms with E-state index in [1.807, 2.05) is 32.5 Å². The smallest absolute Gasteiger partial charge is 0.224 e. The molecule has 5 nitrogen and oxygen atoms in total. The summed E-state index contributed by atoms with van der Waals surface area (Å²) < 4.78 is 1.82. The second kappa shape index (κ2) is 7.50. The average Bonchev–Trinajstić information content (AvgIpc) is 2.79. The summed E-state index contributed by atoms with van der Waals surface area (Å²) in [5.41, 5.74) is 3.66. The molecule has 0 saturated carbocycles. The number of amides is 1. The van der Waals surface area contributed by atoms with Crippen molar-refractivity contribution in [2.45, 2.75) is 33.2 Å². The van der Waals surface area contributed by atoms with Crippen LogP contribution in [0.15, 0.2) is 24.3 Å². The van der Waals surface area contributed by atoms with Gasteiger partial charge in [0.2, 0.25) is 5.91 Å². The van der Waals surface area contributed by atoms with Crippen LogP contribution in [0.25, 0.3) is 0 Å². The van der Waals surface area contributed by atoms with Gasteiger partial charge in [0.05, 0.1) is 11.8 Å². The maximum atomic E-state index is 12.5. The SMILES string of the molecule is Cc1nn(C)c(C)c1C[C@@H](C)C(=O)N[C@@H](C#N)c1ccccc1Cl. The number of halogens is 1. The van der Waals surface area contributed by atoms with E-state index in [2.05, 4.69) is 16.5 Å². The van der Waals surface area contributed by atoms with Gasteiger partial charge in [0.15, 0.2) is 0 Å². The summed E-state index contributed by atoms with van der Waals surface area (Å²) in [5, 5.41) is 17.0. The number of nitrogens with one attached hydrogen (secondary N) is 1. The maximum absolute atomic E-state index is 12.5. The van der Waals surface area contributed by atoms with Crippen molar-refractivity contribution in [2.24, 2.45) is 13.0 Å². The molecule has 0 aliphatic carbocycles. The molecule has 2 rings (SSSR count). The zero-order valence-corrected chi connectivity index (χ0v) is 15.1. The van der Waals surface area contributed by atoms with Crippen LogP contribution in [0.2, 0.25) is 5.02 Å². The molecule has 0 fully saturated rings. The molecule has 1 amide bonds. The number of aromatic nitrogens is 2. The first-order valence-corrected chi connectivity index (χ1v) is 8.16. The van der Waals surface area contributed by atoms with Crippen LogP contribution >= 0.6 is 11.6 Å². The van der Waals surface area contributed by atoms with Crippen LogP contribution in [-0.2, 0) is 18.3 Å². The van der Waals surface area contributed by atoms with Gasteiger partial charge in [-0.1, -0.05) is 36.7 Å². The van der Waals surface area contributed by atoms with E-state index < -0.39 is 6.04 Å². The van der Waals surface area contributed by atoms with E-state index in [4.69, 9.17) is 11.6 Å². The molecule has 1 aromatic carbocycles. The van der Waals surface area contributed by atoms with Crippen molar-refractivity contribution in [1.29, 1.82) is 5.26 Å². The zero-order valence-electron chi connectivity index (χ0n) is 14.3. The van der Waals surface area contributed by atoms with E-state index in [0.717, 1.165) is 17.0 Å². The highest BCUT2D eigenvalue weighted by atomic mass is 35.5. The minimum atomic E-state index is -0.759. The number of nitrogens with zero attached hydrogens (tertiary/aromatic N) is 3. The molecule has 0 saturated heterocycles. The summed E-state index contributed by atoms with van der Waals surface area (Å²) >= 11 is 6.12.